The van der Waals surface area contributed by atoms with E-state index in [4.69, 9.17) is 14.2 Å². The lowest BCUT2D eigenvalue weighted by Crippen LogP contribution is -2.48. The van der Waals surface area contributed by atoms with E-state index in [2.05, 4.69) is 5.32 Å². The van der Waals surface area contributed by atoms with Crippen LogP contribution in [0.3, 0.4) is 0 Å². The lowest BCUT2D eigenvalue weighted by molar-refractivity contribution is 0.0170. The highest BCUT2D eigenvalue weighted by atomic mass is 16.6. The van der Waals surface area contributed by atoms with E-state index in [1.54, 1.807) is 0 Å². The van der Waals surface area contributed by atoms with Crippen molar-refractivity contribution < 1.29 is 19.3 Å². The molecule has 0 aromatic rings. The molecule has 0 unspecified atom stereocenters. The molecule has 0 amide bonds. The van der Waals surface area contributed by atoms with Crippen LogP contribution < -0.4 is 5.32 Å². The van der Waals surface area contributed by atoms with Crippen molar-refractivity contribution in [1.29, 1.82) is 0 Å². The van der Waals surface area contributed by atoms with Crippen LogP contribution in [0.2, 0.25) is 0 Å². The van der Waals surface area contributed by atoms with Crippen molar-refractivity contribution >= 4 is 0 Å². The highest BCUT2D eigenvalue weighted by Crippen LogP contribution is 2.27. The second-order valence-electron chi connectivity index (χ2n) is 4.82. The minimum atomic E-state index is -0.452. The fourth-order valence-corrected chi connectivity index (χ4v) is 2.79. The Labute approximate surface area is 95.1 Å². The van der Waals surface area contributed by atoms with Gasteiger partial charge in [0, 0.05) is 19.3 Å². The molecule has 3 fully saturated rings. The van der Waals surface area contributed by atoms with Gasteiger partial charge in [0.05, 0.1) is 19.3 Å². The Kier molecular flexibility index (Phi) is 3.13. The molecule has 3 aliphatic heterocycles. The summed E-state index contributed by atoms with van der Waals surface area (Å²) in [6, 6.07) is 0.729. The van der Waals surface area contributed by atoms with Gasteiger partial charge in [-0.25, -0.2) is 0 Å². The number of rotatable bonds is 2. The molecule has 0 spiro atoms. The summed E-state index contributed by atoms with van der Waals surface area (Å²) in [5.74, 6) is 0. The lowest BCUT2D eigenvalue weighted by atomic mass is 10.0. The molecule has 0 aliphatic carbocycles. The average Bonchev–Trinajstić information content (AvgIpc) is 2.86. The molecule has 3 rings (SSSR count). The molecule has 4 atom stereocenters. The van der Waals surface area contributed by atoms with E-state index in [0.717, 1.165) is 26.1 Å². The number of fused-ring (bicyclic) bond motifs is 1. The van der Waals surface area contributed by atoms with Crippen molar-refractivity contribution in [2.75, 3.05) is 26.4 Å². The molecule has 0 bridgehead atoms. The number of aliphatic hydroxyl groups excluding tert-OH is 1. The van der Waals surface area contributed by atoms with Gasteiger partial charge in [-0.05, 0) is 12.8 Å². The summed E-state index contributed by atoms with van der Waals surface area (Å²) in [6.45, 7) is 2.72. The topological polar surface area (TPSA) is 60.0 Å². The Hall–Kier alpha value is -0.200. The number of nitrogens with one attached hydrogen (secondary N) is 1. The summed E-state index contributed by atoms with van der Waals surface area (Å²) in [4.78, 5) is 0. The fourth-order valence-electron chi connectivity index (χ4n) is 2.79. The van der Waals surface area contributed by atoms with Crippen molar-refractivity contribution in [3.05, 3.63) is 0 Å². The lowest BCUT2D eigenvalue weighted by Gasteiger charge is -2.28. The van der Waals surface area contributed by atoms with Gasteiger partial charge in [-0.15, -0.1) is 0 Å². The van der Waals surface area contributed by atoms with Crippen molar-refractivity contribution in [2.45, 2.75) is 43.2 Å². The van der Waals surface area contributed by atoms with E-state index in [9.17, 15) is 5.11 Å². The van der Waals surface area contributed by atoms with E-state index in [1.165, 1.54) is 0 Å². The maximum absolute atomic E-state index is 9.63. The Morgan fingerprint density at radius 2 is 1.75 bits per heavy atom. The van der Waals surface area contributed by atoms with Gasteiger partial charge >= 0.3 is 0 Å². The zero-order chi connectivity index (χ0) is 11.0. The van der Waals surface area contributed by atoms with E-state index in [1.807, 2.05) is 0 Å². The van der Waals surface area contributed by atoms with Crippen LogP contribution in [-0.4, -0.2) is 61.9 Å². The quantitative estimate of drug-likeness (QED) is 0.654. The van der Waals surface area contributed by atoms with Crippen molar-refractivity contribution in [2.24, 2.45) is 0 Å². The van der Waals surface area contributed by atoms with Crippen LogP contribution in [0.25, 0.3) is 0 Å². The molecule has 16 heavy (non-hydrogen) atoms. The Balaban J connectivity index is 1.55. The zero-order valence-electron chi connectivity index (χ0n) is 9.30. The van der Waals surface area contributed by atoms with Crippen LogP contribution in [0.15, 0.2) is 0 Å². The van der Waals surface area contributed by atoms with Crippen LogP contribution >= 0.6 is 0 Å². The summed E-state index contributed by atoms with van der Waals surface area (Å²) >= 11 is 0. The maximum atomic E-state index is 9.63. The van der Waals surface area contributed by atoms with Crippen molar-refractivity contribution in [1.82, 2.24) is 5.32 Å². The molecule has 2 N–H and O–H groups in total. The van der Waals surface area contributed by atoms with Gasteiger partial charge in [-0.3, -0.25) is 0 Å². The molecule has 3 heterocycles. The van der Waals surface area contributed by atoms with Crippen molar-refractivity contribution in [3.8, 4) is 0 Å². The van der Waals surface area contributed by atoms with Crippen LogP contribution in [0.5, 0.6) is 0 Å². The van der Waals surface area contributed by atoms with Gasteiger partial charge in [-0.2, -0.15) is 0 Å². The summed E-state index contributed by atoms with van der Waals surface area (Å²) in [7, 11) is 0. The van der Waals surface area contributed by atoms with Crippen LogP contribution in [0, 0.1) is 0 Å². The summed E-state index contributed by atoms with van der Waals surface area (Å²) in [5, 5.41) is 13.2. The molecule has 0 saturated carbocycles. The normalized spacial score (nSPS) is 44.8. The largest absolute Gasteiger partial charge is 0.388 e. The maximum Gasteiger partial charge on any atom is 0.113 e. The predicted octanol–water partition coefficient (Wildman–Crippen LogP) is -0.718. The molecule has 0 radical (unpaired) electrons. The molecule has 92 valence electrons. The summed E-state index contributed by atoms with van der Waals surface area (Å²) in [6.07, 6.45) is 1.55. The number of aliphatic hydroxyl groups is 1. The van der Waals surface area contributed by atoms with Crippen LogP contribution in [0.1, 0.15) is 12.8 Å². The second-order valence-corrected chi connectivity index (χ2v) is 4.82. The smallest absolute Gasteiger partial charge is 0.113 e. The molecule has 0 aromatic heterocycles. The van der Waals surface area contributed by atoms with E-state index in [-0.39, 0.29) is 18.2 Å². The van der Waals surface area contributed by atoms with Gasteiger partial charge in [0.25, 0.3) is 0 Å². The Morgan fingerprint density at radius 1 is 1.00 bits per heavy atom. The fraction of sp³-hybridized carbons (Fsp3) is 1.00. The zero-order valence-corrected chi connectivity index (χ0v) is 9.30. The van der Waals surface area contributed by atoms with E-state index < -0.39 is 6.10 Å². The average molecular weight is 229 g/mol. The SMILES string of the molecule is O[C@@H]1CO[C@H]2[C@@H]1OC[C@H]2NC1CCOCC1. The molecule has 5 heteroatoms. The third kappa shape index (κ3) is 1.98. The Morgan fingerprint density at radius 3 is 2.56 bits per heavy atom. The van der Waals surface area contributed by atoms with Crippen LogP contribution in [-0.2, 0) is 14.2 Å². The molecule has 3 aliphatic rings. The first-order valence-electron chi connectivity index (χ1n) is 6.09. The number of hydrogen-bond donors (Lipinski definition) is 2. The van der Waals surface area contributed by atoms with Gasteiger partial charge in [0.1, 0.15) is 18.3 Å². The second kappa shape index (κ2) is 4.58. The minimum Gasteiger partial charge on any atom is -0.388 e. The summed E-state index contributed by atoms with van der Waals surface area (Å²) < 4.78 is 16.5. The monoisotopic (exact) mass is 229 g/mol. The number of ether oxygens (including phenoxy) is 3. The molecule has 0 aromatic carbocycles. The van der Waals surface area contributed by atoms with Gasteiger partial charge in [-0.1, -0.05) is 0 Å². The van der Waals surface area contributed by atoms with Gasteiger partial charge in [0.2, 0.25) is 0 Å². The molecular formula is C11H19NO4. The third-order valence-corrected chi connectivity index (χ3v) is 3.70. The molecule has 3 saturated heterocycles. The first kappa shape index (κ1) is 10.9. The first-order valence-corrected chi connectivity index (χ1v) is 6.09. The van der Waals surface area contributed by atoms with Crippen LogP contribution in [0.4, 0.5) is 0 Å². The van der Waals surface area contributed by atoms with E-state index >= 15 is 0 Å². The Bertz CT molecular complexity index is 244. The first-order chi connectivity index (χ1) is 7.84. The number of hydrogen-bond acceptors (Lipinski definition) is 5. The molecular weight excluding hydrogens is 210 g/mol. The predicted molar refractivity (Wildman–Crippen MR) is 56.3 cm³/mol. The van der Waals surface area contributed by atoms with Crippen molar-refractivity contribution in [3.63, 3.8) is 0 Å². The standard InChI is InChI=1S/C11H19NO4/c13-9-6-16-10-8(5-15-11(9)10)12-7-1-3-14-4-2-7/h7-13H,1-6H2/t8-,9-,10-,11-/m1/s1. The highest BCUT2D eigenvalue weighted by Gasteiger charge is 2.47. The minimum absolute atomic E-state index is 0.0258. The summed E-state index contributed by atoms with van der Waals surface area (Å²) in [5.41, 5.74) is 0. The highest BCUT2D eigenvalue weighted by molar-refractivity contribution is 4.98. The van der Waals surface area contributed by atoms with Gasteiger partial charge < -0.3 is 24.6 Å². The van der Waals surface area contributed by atoms with E-state index in [0.29, 0.717) is 19.3 Å². The third-order valence-electron chi connectivity index (χ3n) is 3.70. The molecule has 5 nitrogen and oxygen atoms in total. The van der Waals surface area contributed by atoms with Gasteiger partial charge in [0.15, 0.2) is 0 Å².